The smallest absolute Gasteiger partial charge is 0.183 e. The Morgan fingerprint density at radius 2 is 1.92 bits per heavy atom. The lowest BCUT2D eigenvalue weighted by molar-refractivity contribution is -0.280. The van der Waals surface area contributed by atoms with Crippen LogP contribution >= 0.6 is 15.9 Å². The van der Waals surface area contributed by atoms with Crippen molar-refractivity contribution in [3.05, 3.63) is 0 Å². The third-order valence-corrected chi connectivity index (χ3v) is 2.72. The van der Waals surface area contributed by atoms with Crippen LogP contribution in [0.1, 0.15) is 0 Å². The summed E-state index contributed by atoms with van der Waals surface area (Å²) in [7, 11) is 1.41. The van der Waals surface area contributed by atoms with E-state index in [4.69, 9.17) is 14.6 Å². The van der Waals surface area contributed by atoms with Gasteiger partial charge in [-0.1, -0.05) is 15.9 Å². The Labute approximate surface area is 84.4 Å². The van der Waals surface area contributed by atoms with Gasteiger partial charge in [0.15, 0.2) is 6.29 Å². The number of halogens is 1. The maximum atomic E-state index is 9.47. The van der Waals surface area contributed by atoms with Gasteiger partial charge in [0.2, 0.25) is 0 Å². The molecule has 0 saturated carbocycles. The lowest BCUT2D eigenvalue weighted by Gasteiger charge is -2.39. The van der Waals surface area contributed by atoms with Gasteiger partial charge >= 0.3 is 0 Å². The summed E-state index contributed by atoms with van der Waals surface area (Å²) in [5.74, 6) is 0. The second kappa shape index (κ2) is 4.68. The van der Waals surface area contributed by atoms with Gasteiger partial charge in [0.25, 0.3) is 0 Å². The Kier molecular flexibility index (Phi) is 4.08. The number of aliphatic hydroxyl groups excluding tert-OH is 3. The van der Waals surface area contributed by atoms with Gasteiger partial charge in [0.1, 0.15) is 18.3 Å². The molecule has 0 aromatic rings. The summed E-state index contributed by atoms with van der Waals surface area (Å²) in [6.45, 7) is 0. The topological polar surface area (TPSA) is 79.2 Å². The normalized spacial score (nSPS) is 46.4. The summed E-state index contributed by atoms with van der Waals surface area (Å²) in [6, 6.07) is 0. The van der Waals surface area contributed by atoms with Gasteiger partial charge in [-0.2, -0.15) is 0 Å². The van der Waals surface area contributed by atoms with E-state index in [0.29, 0.717) is 5.33 Å². The number of rotatable bonds is 2. The first-order valence-corrected chi connectivity index (χ1v) is 5.02. The van der Waals surface area contributed by atoms with Crippen LogP contribution in [-0.2, 0) is 9.47 Å². The Bertz CT molecular complexity index is 165. The highest BCUT2D eigenvalue weighted by Gasteiger charge is 2.43. The van der Waals surface area contributed by atoms with Crippen LogP contribution in [0, 0.1) is 0 Å². The standard InChI is InChI=1S/C7H13BrO5/c1-12-6-3(2-8)13-7(11)5(10)4(6)9/h3-7,9-11H,2H2,1H3/t3?,4-,5?,6-,7+/m1/s1. The van der Waals surface area contributed by atoms with Crippen molar-refractivity contribution < 1.29 is 24.8 Å². The molecule has 1 aliphatic heterocycles. The minimum absolute atomic E-state index is 0.423. The molecule has 5 atom stereocenters. The van der Waals surface area contributed by atoms with E-state index in [1.807, 2.05) is 0 Å². The quantitative estimate of drug-likeness (QED) is 0.543. The molecule has 0 aromatic heterocycles. The van der Waals surface area contributed by atoms with Crippen LogP contribution in [0.15, 0.2) is 0 Å². The van der Waals surface area contributed by atoms with Crippen LogP contribution in [0.3, 0.4) is 0 Å². The SMILES string of the molecule is CO[C@@H]1C(CBr)O[C@H](O)C(O)[C@H]1O. The first-order chi connectivity index (χ1) is 6.11. The van der Waals surface area contributed by atoms with Crippen LogP contribution in [0.25, 0.3) is 0 Å². The average molecular weight is 257 g/mol. The van der Waals surface area contributed by atoms with E-state index in [0.717, 1.165) is 0 Å². The Morgan fingerprint density at radius 3 is 2.38 bits per heavy atom. The third kappa shape index (κ3) is 2.20. The molecule has 1 saturated heterocycles. The minimum atomic E-state index is -1.36. The van der Waals surface area contributed by atoms with E-state index >= 15 is 0 Å². The highest BCUT2D eigenvalue weighted by molar-refractivity contribution is 9.09. The zero-order valence-electron chi connectivity index (χ0n) is 7.13. The molecular weight excluding hydrogens is 244 g/mol. The Balaban J connectivity index is 2.69. The largest absolute Gasteiger partial charge is 0.387 e. The van der Waals surface area contributed by atoms with Gasteiger partial charge in [-0.15, -0.1) is 0 Å². The molecule has 1 fully saturated rings. The minimum Gasteiger partial charge on any atom is -0.387 e. The molecule has 6 heteroatoms. The predicted octanol–water partition coefficient (Wildman–Crippen LogP) is -1.16. The van der Waals surface area contributed by atoms with Crippen molar-refractivity contribution in [2.24, 2.45) is 0 Å². The fourth-order valence-electron chi connectivity index (χ4n) is 1.34. The van der Waals surface area contributed by atoms with Crippen molar-refractivity contribution >= 4 is 15.9 Å². The first-order valence-electron chi connectivity index (χ1n) is 3.90. The van der Waals surface area contributed by atoms with Gasteiger partial charge in [-0.25, -0.2) is 0 Å². The van der Waals surface area contributed by atoms with Crippen molar-refractivity contribution in [1.82, 2.24) is 0 Å². The molecule has 5 nitrogen and oxygen atoms in total. The first kappa shape index (κ1) is 11.4. The van der Waals surface area contributed by atoms with Crippen LogP contribution in [0.5, 0.6) is 0 Å². The summed E-state index contributed by atoms with van der Waals surface area (Å²) in [6.07, 6.45) is -4.89. The summed E-state index contributed by atoms with van der Waals surface area (Å²) in [5.41, 5.74) is 0. The second-order valence-corrected chi connectivity index (χ2v) is 3.55. The van der Waals surface area contributed by atoms with Gasteiger partial charge < -0.3 is 24.8 Å². The highest BCUT2D eigenvalue weighted by Crippen LogP contribution is 2.22. The number of aliphatic hydroxyl groups is 3. The van der Waals surface area contributed by atoms with E-state index in [2.05, 4.69) is 15.9 Å². The third-order valence-electron chi connectivity index (χ3n) is 2.08. The molecule has 13 heavy (non-hydrogen) atoms. The van der Waals surface area contributed by atoms with Crippen LogP contribution in [-0.4, -0.2) is 58.5 Å². The molecule has 1 heterocycles. The van der Waals surface area contributed by atoms with E-state index in [1.54, 1.807) is 0 Å². The zero-order chi connectivity index (χ0) is 10.0. The monoisotopic (exact) mass is 256 g/mol. The maximum Gasteiger partial charge on any atom is 0.183 e. The molecule has 0 aliphatic carbocycles. The summed E-state index contributed by atoms with van der Waals surface area (Å²) in [5, 5.41) is 28.3. The maximum absolute atomic E-state index is 9.47. The number of ether oxygens (including phenoxy) is 2. The van der Waals surface area contributed by atoms with E-state index in [9.17, 15) is 10.2 Å². The van der Waals surface area contributed by atoms with Crippen molar-refractivity contribution in [1.29, 1.82) is 0 Å². The van der Waals surface area contributed by atoms with Gasteiger partial charge in [0.05, 0.1) is 6.10 Å². The molecule has 0 bridgehead atoms. The number of hydrogen-bond donors (Lipinski definition) is 3. The van der Waals surface area contributed by atoms with Crippen LogP contribution in [0.2, 0.25) is 0 Å². The summed E-state index contributed by atoms with van der Waals surface area (Å²) >= 11 is 3.16. The number of alkyl halides is 1. The number of methoxy groups -OCH3 is 1. The fraction of sp³-hybridized carbons (Fsp3) is 1.00. The Hall–Kier alpha value is 0.280. The van der Waals surface area contributed by atoms with Gasteiger partial charge in [-0.05, 0) is 0 Å². The molecule has 3 N–H and O–H groups in total. The van der Waals surface area contributed by atoms with E-state index in [-0.39, 0.29) is 0 Å². The highest BCUT2D eigenvalue weighted by atomic mass is 79.9. The van der Waals surface area contributed by atoms with E-state index < -0.39 is 30.7 Å². The molecular formula is C7H13BrO5. The molecule has 78 valence electrons. The molecule has 2 unspecified atom stereocenters. The molecule has 1 aliphatic rings. The molecule has 0 aromatic carbocycles. The van der Waals surface area contributed by atoms with Crippen LogP contribution < -0.4 is 0 Å². The average Bonchev–Trinajstić information content (AvgIpc) is 2.13. The van der Waals surface area contributed by atoms with Gasteiger partial charge in [0, 0.05) is 12.4 Å². The fourth-order valence-corrected chi connectivity index (χ4v) is 1.86. The van der Waals surface area contributed by atoms with Crippen molar-refractivity contribution in [3.63, 3.8) is 0 Å². The van der Waals surface area contributed by atoms with Crippen LogP contribution in [0.4, 0.5) is 0 Å². The molecule has 0 radical (unpaired) electrons. The van der Waals surface area contributed by atoms with Crippen molar-refractivity contribution in [2.45, 2.75) is 30.7 Å². The lowest BCUT2D eigenvalue weighted by atomic mass is 10.00. The van der Waals surface area contributed by atoms with E-state index in [1.165, 1.54) is 7.11 Å². The van der Waals surface area contributed by atoms with Crippen molar-refractivity contribution in [2.75, 3.05) is 12.4 Å². The summed E-state index contributed by atoms with van der Waals surface area (Å²) in [4.78, 5) is 0. The number of hydrogen-bond acceptors (Lipinski definition) is 5. The molecule has 0 spiro atoms. The molecule has 0 amide bonds. The van der Waals surface area contributed by atoms with Crippen molar-refractivity contribution in [3.8, 4) is 0 Å². The Morgan fingerprint density at radius 1 is 1.31 bits per heavy atom. The zero-order valence-corrected chi connectivity index (χ0v) is 8.72. The second-order valence-electron chi connectivity index (χ2n) is 2.90. The molecule has 1 rings (SSSR count). The predicted molar refractivity (Wildman–Crippen MR) is 47.5 cm³/mol. The summed E-state index contributed by atoms with van der Waals surface area (Å²) < 4.78 is 9.94. The lowest BCUT2D eigenvalue weighted by Crippen LogP contribution is -2.58. The van der Waals surface area contributed by atoms with Gasteiger partial charge in [-0.3, -0.25) is 0 Å².